The molecule has 1 saturated carbocycles. The smallest absolute Gasteiger partial charge is 0.240 e. The van der Waals surface area contributed by atoms with Crippen LogP contribution in [0.25, 0.3) is 0 Å². The van der Waals surface area contributed by atoms with Crippen LogP contribution in [0.15, 0.2) is 12.1 Å². The van der Waals surface area contributed by atoms with Crippen LogP contribution < -0.4 is 4.90 Å². The monoisotopic (exact) mass is 313 g/mol. The molecule has 1 aliphatic carbocycles. The van der Waals surface area contributed by atoms with Crippen LogP contribution in [-0.2, 0) is 0 Å². The number of fused-ring (bicyclic) bond motifs is 2. The lowest BCUT2D eigenvalue weighted by Gasteiger charge is -2.47. The summed E-state index contributed by atoms with van der Waals surface area (Å²) >= 11 is 0. The number of hydrogen-bond acceptors (Lipinski definition) is 1. The Hall–Kier alpha value is -1.31. The molecule has 2 atom stereocenters. The van der Waals surface area contributed by atoms with Gasteiger partial charge in [0.15, 0.2) is 0 Å². The molecule has 0 aromatic heterocycles. The Labute approximate surface area is 142 Å². The molecule has 0 saturated heterocycles. The van der Waals surface area contributed by atoms with Crippen LogP contribution in [0.5, 0.6) is 0 Å². The van der Waals surface area contributed by atoms with Gasteiger partial charge in [0, 0.05) is 5.41 Å². The molecule has 3 rings (SSSR count). The number of hydrogen-bond donors (Lipinski definition) is 0. The average Bonchev–Trinajstić information content (AvgIpc) is 2.55. The van der Waals surface area contributed by atoms with Gasteiger partial charge in [-0.25, -0.2) is 4.90 Å². The summed E-state index contributed by atoms with van der Waals surface area (Å²) in [5.41, 5.74) is 6.10. The molecule has 2 aliphatic rings. The number of anilines is 1. The fourth-order valence-corrected chi connectivity index (χ4v) is 5.25. The highest BCUT2D eigenvalue weighted by Crippen LogP contribution is 2.53. The largest absolute Gasteiger partial charge is 0.260 e. The van der Waals surface area contributed by atoms with Crippen molar-refractivity contribution in [3.63, 3.8) is 0 Å². The molecule has 0 N–H and O–H groups in total. The molecule has 0 unspecified atom stereocenters. The standard InChI is InChI=1S/C21H33N2/c1-14(2)23-13-22(18-9-10-21(23,8)20(18,6)7)19-16(4)11-15(3)12-17(19)5/h11-14,18H,9-10H2,1-8H3/q+1/t18-,21+/m0/s1. The highest BCUT2D eigenvalue weighted by atomic mass is 15.3. The Bertz CT molecular complexity index is 645. The van der Waals surface area contributed by atoms with Gasteiger partial charge in [-0.15, -0.1) is 0 Å². The maximum Gasteiger partial charge on any atom is 0.240 e. The lowest BCUT2D eigenvalue weighted by Crippen LogP contribution is -2.62. The van der Waals surface area contributed by atoms with Gasteiger partial charge >= 0.3 is 0 Å². The summed E-state index contributed by atoms with van der Waals surface area (Å²) in [6, 6.07) is 5.76. The summed E-state index contributed by atoms with van der Waals surface area (Å²) in [5, 5.41) is 0. The van der Waals surface area contributed by atoms with Gasteiger partial charge < -0.3 is 0 Å². The molecule has 2 nitrogen and oxygen atoms in total. The molecule has 0 amide bonds. The van der Waals surface area contributed by atoms with E-state index < -0.39 is 0 Å². The third-order valence-electron chi connectivity index (χ3n) is 6.73. The van der Waals surface area contributed by atoms with E-state index in [1.54, 1.807) is 0 Å². The topological polar surface area (TPSA) is 6.25 Å². The predicted molar refractivity (Wildman–Crippen MR) is 99.8 cm³/mol. The number of aryl methyl sites for hydroxylation is 3. The van der Waals surface area contributed by atoms with E-state index in [1.165, 1.54) is 35.2 Å². The van der Waals surface area contributed by atoms with Gasteiger partial charge in [-0.1, -0.05) is 31.5 Å². The van der Waals surface area contributed by atoms with Crippen molar-refractivity contribution in [1.82, 2.24) is 0 Å². The lowest BCUT2D eigenvalue weighted by atomic mass is 9.71. The molecule has 1 aromatic rings. The van der Waals surface area contributed by atoms with E-state index in [0.29, 0.717) is 12.1 Å². The SMILES string of the molecule is Cc1cc(C)c(N2C=[N+](C(C)C)[C@]3(C)CC[C@H]2C3(C)C)c(C)c1. The van der Waals surface area contributed by atoms with Crippen LogP contribution in [0.3, 0.4) is 0 Å². The maximum atomic E-state index is 2.62. The fourth-order valence-electron chi connectivity index (χ4n) is 5.25. The van der Waals surface area contributed by atoms with Gasteiger partial charge in [-0.2, -0.15) is 0 Å². The van der Waals surface area contributed by atoms with Crippen molar-refractivity contribution in [2.24, 2.45) is 5.41 Å². The predicted octanol–water partition coefficient (Wildman–Crippen LogP) is 4.83. The Morgan fingerprint density at radius 2 is 1.65 bits per heavy atom. The molecule has 0 spiro atoms. The number of nitrogens with zero attached hydrogens (tertiary/aromatic N) is 2. The Kier molecular flexibility index (Phi) is 3.66. The third kappa shape index (κ3) is 2.17. The lowest BCUT2D eigenvalue weighted by molar-refractivity contribution is -0.645. The van der Waals surface area contributed by atoms with E-state index in [1.807, 2.05) is 0 Å². The Balaban J connectivity index is 2.21. The van der Waals surface area contributed by atoms with E-state index in [2.05, 4.69) is 83.3 Å². The van der Waals surface area contributed by atoms with Gasteiger partial charge in [-0.3, -0.25) is 4.58 Å². The van der Waals surface area contributed by atoms with Crippen LogP contribution in [-0.4, -0.2) is 28.5 Å². The van der Waals surface area contributed by atoms with Crippen LogP contribution in [0.2, 0.25) is 0 Å². The highest BCUT2D eigenvalue weighted by Gasteiger charge is 2.63. The first-order valence-corrected chi connectivity index (χ1v) is 9.09. The summed E-state index contributed by atoms with van der Waals surface area (Å²) in [4.78, 5) is 2.60. The molecule has 1 fully saturated rings. The molecule has 126 valence electrons. The van der Waals surface area contributed by atoms with E-state index in [-0.39, 0.29) is 11.0 Å². The molecule has 1 heterocycles. The average molecular weight is 314 g/mol. The molecule has 1 aliphatic heterocycles. The van der Waals surface area contributed by atoms with Gasteiger partial charge in [-0.05, 0) is 65.5 Å². The van der Waals surface area contributed by atoms with Crippen molar-refractivity contribution < 1.29 is 4.58 Å². The normalized spacial score (nSPS) is 29.2. The zero-order valence-corrected chi connectivity index (χ0v) is 16.2. The molecule has 2 bridgehead atoms. The van der Waals surface area contributed by atoms with E-state index in [0.717, 1.165) is 0 Å². The molecular formula is C21H33N2+. The molecule has 23 heavy (non-hydrogen) atoms. The maximum absolute atomic E-state index is 2.62. The van der Waals surface area contributed by atoms with Crippen LogP contribution >= 0.6 is 0 Å². The minimum atomic E-state index is 0.259. The van der Waals surface area contributed by atoms with Crippen LogP contribution in [0, 0.1) is 26.2 Å². The first-order chi connectivity index (χ1) is 10.6. The van der Waals surface area contributed by atoms with Gasteiger partial charge in [0.25, 0.3) is 0 Å². The van der Waals surface area contributed by atoms with Gasteiger partial charge in [0.2, 0.25) is 6.34 Å². The second kappa shape index (κ2) is 5.09. The number of benzene rings is 1. The summed E-state index contributed by atoms with van der Waals surface area (Å²) < 4.78 is 2.62. The van der Waals surface area contributed by atoms with Crippen molar-refractivity contribution in [3.05, 3.63) is 28.8 Å². The van der Waals surface area contributed by atoms with Crippen LogP contribution in [0.4, 0.5) is 5.69 Å². The Morgan fingerprint density at radius 1 is 1.09 bits per heavy atom. The first-order valence-electron chi connectivity index (χ1n) is 9.09. The second-order valence-corrected chi connectivity index (χ2v) is 8.82. The zero-order valence-electron chi connectivity index (χ0n) is 16.2. The van der Waals surface area contributed by atoms with Gasteiger partial charge in [0.05, 0.1) is 6.04 Å². The third-order valence-corrected chi connectivity index (χ3v) is 6.73. The molecule has 2 heteroatoms. The summed E-state index contributed by atoms with van der Waals surface area (Å²) in [7, 11) is 0. The van der Waals surface area contributed by atoms with Crippen molar-refractivity contribution in [3.8, 4) is 0 Å². The van der Waals surface area contributed by atoms with E-state index in [4.69, 9.17) is 0 Å². The summed E-state index contributed by atoms with van der Waals surface area (Å²) in [5.74, 6) is 0. The van der Waals surface area contributed by atoms with Gasteiger partial charge in [0.1, 0.15) is 17.3 Å². The van der Waals surface area contributed by atoms with E-state index >= 15 is 0 Å². The minimum absolute atomic E-state index is 0.259. The fraction of sp³-hybridized carbons (Fsp3) is 0.667. The number of rotatable bonds is 2. The minimum Gasteiger partial charge on any atom is -0.260 e. The molecule has 0 radical (unpaired) electrons. The van der Waals surface area contributed by atoms with Crippen molar-refractivity contribution in [2.45, 2.75) is 85.9 Å². The zero-order chi connectivity index (χ0) is 17.2. The first kappa shape index (κ1) is 16.5. The summed E-state index contributed by atoms with van der Waals surface area (Å²) in [6.45, 7) is 18.8. The molecular weight excluding hydrogens is 280 g/mol. The van der Waals surface area contributed by atoms with Crippen molar-refractivity contribution >= 4 is 12.0 Å². The second-order valence-electron chi connectivity index (χ2n) is 8.82. The Morgan fingerprint density at radius 3 is 2.17 bits per heavy atom. The summed E-state index contributed by atoms with van der Waals surface area (Å²) in [6.07, 6.45) is 4.98. The molecule has 1 aromatic carbocycles. The quantitative estimate of drug-likeness (QED) is 0.709. The highest BCUT2D eigenvalue weighted by molar-refractivity contribution is 5.82. The van der Waals surface area contributed by atoms with Crippen LogP contribution in [0.1, 0.15) is 64.2 Å². The van der Waals surface area contributed by atoms with E-state index in [9.17, 15) is 0 Å². The van der Waals surface area contributed by atoms with Crippen molar-refractivity contribution in [2.75, 3.05) is 4.90 Å². The van der Waals surface area contributed by atoms with Crippen molar-refractivity contribution in [1.29, 1.82) is 0 Å².